The van der Waals surface area contributed by atoms with E-state index >= 15 is 0 Å². The van der Waals surface area contributed by atoms with Gasteiger partial charge in [0.15, 0.2) is 0 Å². The summed E-state index contributed by atoms with van der Waals surface area (Å²) in [6, 6.07) is 0.301. The van der Waals surface area contributed by atoms with Crippen LogP contribution in [0.3, 0.4) is 0 Å². The van der Waals surface area contributed by atoms with Crippen molar-refractivity contribution in [1.29, 1.82) is 0 Å². The van der Waals surface area contributed by atoms with Gasteiger partial charge >= 0.3 is 0 Å². The zero-order chi connectivity index (χ0) is 11.8. The molecule has 0 aromatic heterocycles. The van der Waals surface area contributed by atoms with Crippen LogP contribution in [0.25, 0.3) is 0 Å². The molecule has 2 atom stereocenters. The van der Waals surface area contributed by atoms with Gasteiger partial charge in [-0.25, -0.2) is 0 Å². The second-order valence-electron chi connectivity index (χ2n) is 4.28. The summed E-state index contributed by atoms with van der Waals surface area (Å²) in [4.78, 5) is 2.47. The number of ether oxygens (including phenoxy) is 1. The van der Waals surface area contributed by atoms with Crippen molar-refractivity contribution in [3.8, 4) is 12.3 Å². The summed E-state index contributed by atoms with van der Waals surface area (Å²) >= 11 is 0. The number of hydrogen-bond donors (Lipinski definition) is 1. The normalized spacial score (nSPS) is 23.9. The maximum Gasteiger partial charge on any atom is 0.0864 e. The Balaban J connectivity index is 2.45. The highest BCUT2D eigenvalue weighted by Crippen LogP contribution is 2.11. The molecule has 0 radical (unpaired) electrons. The highest BCUT2D eigenvalue weighted by atomic mass is 16.5. The van der Waals surface area contributed by atoms with Gasteiger partial charge in [-0.1, -0.05) is 13.8 Å². The first kappa shape index (κ1) is 13.5. The van der Waals surface area contributed by atoms with Crippen molar-refractivity contribution >= 4 is 0 Å². The second-order valence-corrected chi connectivity index (χ2v) is 4.28. The van der Waals surface area contributed by atoms with Crippen LogP contribution in [0, 0.1) is 12.3 Å². The van der Waals surface area contributed by atoms with E-state index in [0.717, 1.165) is 39.2 Å². The number of nitrogens with zero attached hydrogens (tertiary/aromatic N) is 1. The highest BCUT2D eigenvalue weighted by Gasteiger charge is 2.26. The molecule has 0 aromatic carbocycles. The van der Waals surface area contributed by atoms with Crippen LogP contribution in [-0.2, 0) is 4.74 Å². The number of morpholine rings is 1. The maximum absolute atomic E-state index is 5.82. The molecule has 3 nitrogen and oxygen atoms in total. The lowest BCUT2D eigenvalue weighted by Crippen LogP contribution is -2.52. The molecule has 0 aliphatic carbocycles. The summed E-state index contributed by atoms with van der Waals surface area (Å²) in [6.45, 7) is 9.32. The molecular formula is C13H24N2O. The predicted octanol–water partition coefficient (Wildman–Crippen LogP) is 1.10. The zero-order valence-electron chi connectivity index (χ0n) is 10.5. The number of terminal acetylenes is 1. The first-order chi connectivity index (χ1) is 7.81. The summed E-state index contributed by atoms with van der Waals surface area (Å²) < 4.78 is 5.82. The monoisotopic (exact) mass is 224 g/mol. The smallest absolute Gasteiger partial charge is 0.0864 e. The Labute approximate surface area is 99.5 Å². The van der Waals surface area contributed by atoms with Crippen LogP contribution >= 0.6 is 0 Å². The van der Waals surface area contributed by atoms with Crippen molar-refractivity contribution in [1.82, 2.24) is 10.2 Å². The van der Waals surface area contributed by atoms with Crippen LogP contribution in [0.15, 0.2) is 0 Å². The van der Waals surface area contributed by atoms with Gasteiger partial charge in [-0.15, -0.1) is 12.3 Å². The molecule has 1 aliphatic heterocycles. The van der Waals surface area contributed by atoms with E-state index in [9.17, 15) is 0 Å². The van der Waals surface area contributed by atoms with E-state index in [1.807, 2.05) is 0 Å². The fourth-order valence-electron chi connectivity index (χ4n) is 2.22. The molecule has 0 saturated carbocycles. The van der Waals surface area contributed by atoms with Gasteiger partial charge in [0, 0.05) is 25.6 Å². The predicted molar refractivity (Wildman–Crippen MR) is 67.4 cm³/mol. The van der Waals surface area contributed by atoms with Crippen molar-refractivity contribution in [2.75, 3.05) is 32.8 Å². The van der Waals surface area contributed by atoms with Gasteiger partial charge in [0.1, 0.15) is 0 Å². The molecule has 0 aromatic rings. The fraction of sp³-hybridized carbons (Fsp3) is 0.846. The van der Waals surface area contributed by atoms with Crippen molar-refractivity contribution in [3.63, 3.8) is 0 Å². The van der Waals surface area contributed by atoms with Gasteiger partial charge in [-0.2, -0.15) is 0 Å². The van der Waals surface area contributed by atoms with Crippen LogP contribution in [0.2, 0.25) is 0 Å². The van der Waals surface area contributed by atoms with Crippen LogP contribution in [0.1, 0.15) is 26.7 Å². The Hall–Kier alpha value is -0.560. The second kappa shape index (κ2) is 7.67. The summed E-state index contributed by atoms with van der Waals surface area (Å²) in [5, 5.41) is 3.42. The van der Waals surface area contributed by atoms with E-state index in [-0.39, 0.29) is 6.10 Å². The number of nitrogens with one attached hydrogen (secondary N) is 1. The molecule has 16 heavy (non-hydrogen) atoms. The van der Waals surface area contributed by atoms with Gasteiger partial charge in [-0.3, -0.25) is 4.90 Å². The van der Waals surface area contributed by atoms with E-state index < -0.39 is 0 Å². The molecule has 1 saturated heterocycles. The fourth-order valence-corrected chi connectivity index (χ4v) is 2.22. The number of likely N-dealkylation sites (N-methyl/N-ethyl adjacent to an activating group) is 1. The Morgan fingerprint density at radius 3 is 3.00 bits per heavy atom. The molecule has 2 unspecified atom stereocenters. The van der Waals surface area contributed by atoms with E-state index in [2.05, 4.69) is 30.0 Å². The third kappa shape index (κ3) is 4.13. The molecule has 1 rings (SSSR count). The van der Waals surface area contributed by atoms with E-state index in [0.29, 0.717) is 6.04 Å². The molecule has 1 aliphatic rings. The SMILES string of the molecule is C#CCC(NCC)C1CN(CCC)CCO1. The molecule has 0 spiro atoms. The van der Waals surface area contributed by atoms with Crippen LogP contribution < -0.4 is 5.32 Å². The molecule has 1 heterocycles. The lowest BCUT2D eigenvalue weighted by Gasteiger charge is -2.36. The molecule has 92 valence electrons. The topological polar surface area (TPSA) is 24.5 Å². The van der Waals surface area contributed by atoms with Gasteiger partial charge in [0.25, 0.3) is 0 Å². The minimum atomic E-state index is 0.247. The van der Waals surface area contributed by atoms with Crippen LogP contribution in [0.4, 0.5) is 0 Å². The molecule has 3 heteroatoms. The molecule has 1 fully saturated rings. The lowest BCUT2D eigenvalue weighted by atomic mass is 10.1. The quantitative estimate of drug-likeness (QED) is 0.684. The standard InChI is InChI=1S/C13H24N2O/c1-4-7-12(14-6-3)13-11-15(8-5-2)9-10-16-13/h1,12-14H,5-11H2,2-3H3. The Kier molecular flexibility index (Phi) is 6.47. The average molecular weight is 224 g/mol. The van der Waals surface area contributed by atoms with Crippen molar-refractivity contribution < 1.29 is 4.74 Å². The summed E-state index contributed by atoms with van der Waals surface area (Å²) in [5.74, 6) is 2.74. The Bertz CT molecular complexity index is 222. The third-order valence-corrected chi connectivity index (χ3v) is 2.97. The number of rotatable bonds is 6. The average Bonchev–Trinajstić information content (AvgIpc) is 2.30. The minimum absolute atomic E-state index is 0.247. The molecule has 1 N–H and O–H groups in total. The van der Waals surface area contributed by atoms with Crippen molar-refractivity contribution in [2.24, 2.45) is 0 Å². The van der Waals surface area contributed by atoms with Crippen LogP contribution in [-0.4, -0.2) is 49.8 Å². The van der Waals surface area contributed by atoms with Gasteiger partial charge in [0.2, 0.25) is 0 Å². The summed E-state index contributed by atoms with van der Waals surface area (Å²) in [5.41, 5.74) is 0. The Morgan fingerprint density at radius 2 is 2.38 bits per heavy atom. The summed E-state index contributed by atoms with van der Waals surface area (Å²) in [7, 11) is 0. The van der Waals surface area contributed by atoms with E-state index in [4.69, 9.17) is 11.2 Å². The van der Waals surface area contributed by atoms with Gasteiger partial charge < -0.3 is 10.1 Å². The van der Waals surface area contributed by atoms with Crippen LogP contribution in [0.5, 0.6) is 0 Å². The maximum atomic E-state index is 5.82. The first-order valence-corrected chi connectivity index (χ1v) is 6.32. The minimum Gasteiger partial charge on any atom is -0.374 e. The van der Waals surface area contributed by atoms with E-state index in [1.54, 1.807) is 0 Å². The van der Waals surface area contributed by atoms with Gasteiger partial charge in [-0.05, 0) is 19.5 Å². The molecular weight excluding hydrogens is 200 g/mol. The lowest BCUT2D eigenvalue weighted by molar-refractivity contribution is -0.0452. The Morgan fingerprint density at radius 1 is 1.56 bits per heavy atom. The number of hydrogen-bond acceptors (Lipinski definition) is 3. The first-order valence-electron chi connectivity index (χ1n) is 6.32. The largest absolute Gasteiger partial charge is 0.374 e. The highest BCUT2D eigenvalue weighted by molar-refractivity contribution is 4.94. The van der Waals surface area contributed by atoms with E-state index in [1.165, 1.54) is 6.42 Å². The zero-order valence-corrected chi connectivity index (χ0v) is 10.5. The third-order valence-electron chi connectivity index (χ3n) is 2.97. The van der Waals surface area contributed by atoms with Crippen molar-refractivity contribution in [2.45, 2.75) is 38.8 Å². The van der Waals surface area contributed by atoms with Gasteiger partial charge in [0.05, 0.1) is 12.7 Å². The molecule has 0 bridgehead atoms. The molecule has 0 amide bonds. The van der Waals surface area contributed by atoms with Crippen molar-refractivity contribution in [3.05, 3.63) is 0 Å². The summed E-state index contributed by atoms with van der Waals surface area (Å²) in [6.07, 6.45) is 7.60.